The average molecular weight is 428 g/mol. The lowest BCUT2D eigenvalue weighted by Gasteiger charge is -2.15. The third-order valence-corrected chi connectivity index (χ3v) is 4.97. The summed E-state index contributed by atoms with van der Waals surface area (Å²) in [6.07, 6.45) is -5.81. The number of nitrogens with one attached hydrogen (secondary N) is 1. The number of carbonyl (C=O) groups is 2. The summed E-state index contributed by atoms with van der Waals surface area (Å²) in [4.78, 5) is 26.7. The van der Waals surface area contributed by atoms with Crippen LogP contribution in [0.3, 0.4) is 0 Å². The molecule has 0 unspecified atom stereocenters. The number of anilines is 1. The van der Waals surface area contributed by atoms with Crippen LogP contribution in [0.4, 0.5) is 23.7 Å². The summed E-state index contributed by atoms with van der Waals surface area (Å²) in [6.45, 7) is -0.0314. The maximum absolute atomic E-state index is 12.8. The van der Waals surface area contributed by atoms with Gasteiger partial charge in [0.05, 0.1) is 5.69 Å². The minimum Gasteiger partial charge on any atom is -0.476 e. The lowest BCUT2D eigenvalue weighted by Crippen LogP contribution is -2.21. The summed E-state index contributed by atoms with van der Waals surface area (Å²) in [5.41, 5.74) is 1.35. The van der Waals surface area contributed by atoms with Gasteiger partial charge in [0.25, 0.3) is 0 Å². The van der Waals surface area contributed by atoms with Gasteiger partial charge in [0, 0.05) is 5.92 Å². The van der Waals surface area contributed by atoms with E-state index in [1.165, 1.54) is 0 Å². The second-order valence-corrected chi connectivity index (χ2v) is 6.85. The summed E-state index contributed by atoms with van der Waals surface area (Å²) in [7, 11) is 0. The average Bonchev–Trinajstić information content (AvgIpc) is 3.05. The molecule has 0 aliphatic heterocycles. The van der Waals surface area contributed by atoms with E-state index in [9.17, 15) is 22.8 Å². The number of aromatic carboxylic acids is 1. The fourth-order valence-corrected chi connectivity index (χ4v) is 3.63. The minimum absolute atomic E-state index is 0.0314. The molecule has 2 N–H and O–H groups in total. The molecule has 0 bridgehead atoms. The van der Waals surface area contributed by atoms with Crippen LogP contribution in [0.5, 0.6) is 0 Å². The van der Waals surface area contributed by atoms with Crippen LogP contribution in [-0.4, -0.2) is 28.8 Å². The van der Waals surface area contributed by atoms with Crippen molar-refractivity contribution in [3.05, 3.63) is 83.2 Å². The van der Waals surface area contributed by atoms with Gasteiger partial charge in [-0.25, -0.2) is 14.6 Å². The van der Waals surface area contributed by atoms with Crippen molar-refractivity contribution in [2.75, 3.05) is 11.9 Å². The van der Waals surface area contributed by atoms with Gasteiger partial charge in [-0.3, -0.25) is 5.32 Å². The second-order valence-electron chi connectivity index (χ2n) is 6.85. The molecule has 1 aliphatic carbocycles. The molecule has 1 heterocycles. The van der Waals surface area contributed by atoms with Crippen LogP contribution in [0.25, 0.3) is 11.1 Å². The van der Waals surface area contributed by atoms with Gasteiger partial charge >= 0.3 is 18.2 Å². The zero-order valence-corrected chi connectivity index (χ0v) is 15.8. The van der Waals surface area contributed by atoms with Gasteiger partial charge in [-0.15, -0.1) is 0 Å². The maximum atomic E-state index is 12.8. The summed E-state index contributed by atoms with van der Waals surface area (Å²) in [6, 6.07) is 16.8. The molecule has 158 valence electrons. The normalized spacial score (nSPS) is 12.7. The number of benzene rings is 2. The van der Waals surface area contributed by atoms with E-state index in [4.69, 9.17) is 9.84 Å². The predicted molar refractivity (Wildman–Crippen MR) is 105 cm³/mol. The Balaban J connectivity index is 1.51. The molecule has 1 aromatic heterocycles. The van der Waals surface area contributed by atoms with Crippen molar-refractivity contribution in [3.8, 4) is 11.1 Å². The molecular formula is C22H15F3N2O4. The number of carbonyl (C=O) groups excluding carboxylic acids is 1. The van der Waals surface area contributed by atoms with Crippen LogP contribution < -0.4 is 5.32 Å². The summed E-state index contributed by atoms with van der Waals surface area (Å²) in [5.74, 6) is -1.93. The van der Waals surface area contributed by atoms with Gasteiger partial charge in [0.2, 0.25) is 0 Å². The Morgan fingerprint density at radius 2 is 1.55 bits per heavy atom. The first kappa shape index (κ1) is 20.4. The highest BCUT2D eigenvalue weighted by molar-refractivity contribution is 5.97. The zero-order chi connectivity index (χ0) is 22.2. The third kappa shape index (κ3) is 3.94. The standard InChI is InChI=1S/C22H15F3N2O4/c23-22(24,25)18-10-9-17(19(27-18)20(28)29)26-21(30)31-11-16-14-7-3-1-5-12(14)13-6-2-4-8-15(13)16/h1-10,16H,11H2,(H,26,30)(H,28,29). The second kappa shape index (κ2) is 7.75. The minimum atomic E-state index is -4.81. The Labute approximate surface area is 174 Å². The highest BCUT2D eigenvalue weighted by Crippen LogP contribution is 2.44. The van der Waals surface area contributed by atoms with Crippen LogP contribution in [-0.2, 0) is 10.9 Å². The third-order valence-electron chi connectivity index (χ3n) is 4.97. The molecule has 0 radical (unpaired) electrons. The molecule has 4 rings (SSSR count). The van der Waals surface area contributed by atoms with Crippen molar-refractivity contribution in [2.24, 2.45) is 0 Å². The van der Waals surface area contributed by atoms with Gasteiger partial charge in [0.15, 0.2) is 5.69 Å². The van der Waals surface area contributed by atoms with E-state index in [0.717, 1.165) is 28.3 Å². The number of ether oxygens (including phenoxy) is 1. The number of carboxylic acids is 1. The SMILES string of the molecule is O=C(Nc1ccc(C(F)(F)F)nc1C(=O)O)OCC1c2ccccc2-c2ccccc21. The number of fused-ring (bicyclic) bond motifs is 3. The number of amides is 1. The molecule has 2 aromatic carbocycles. The Hall–Kier alpha value is -3.88. The Kier molecular flexibility index (Phi) is 5.10. The van der Waals surface area contributed by atoms with Gasteiger partial charge in [-0.1, -0.05) is 48.5 Å². The maximum Gasteiger partial charge on any atom is 0.433 e. The highest BCUT2D eigenvalue weighted by Gasteiger charge is 2.34. The molecule has 6 nitrogen and oxygen atoms in total. The van der Waals surface area contributed by atoms with Crippen LogP contribution >= 0.6 is 0 Å². The van der Waals surface area contributed by atoms with Crippen LogP contribution in [0.1, 0.15) is 33.2 Å². The highest BCUT2D eigenvalue weighted by atomic mass is 19.4. The number of pyridine rings is 1. The molecule has 0 atom stereocenters. The largest absolute Gasteiger partial charge is 0.476 e. The Morgan fingerprint density at radius 3 is 2.10 bits per heavy atom. The van der Waals surface area contributed by atoms with E-state index in [2.05, 4.69) is 10.3 Å². The topological polar surface area (TPSA) is 88.5 Å². The van der Waals surface area contributed by atoms with E-state index < -0.39 is 35.3 Å². The smallest absolute Gasteiger partial charge is 0.433 e. The molecule has 1 amide bonds. The summed E-state index contributed by atoms with van der Waals surface area (Å²) >= 11 is 0. The summed E-state index contributed by atoms with van der Waals surface area (Å²) < 4.78 is 43.7. The lowest BCUT2D eigenvalue weighted by atomic mass is 9.98. The van der Waals surface area contributed by atoms with E-state index >= 15 is 0 Å². The van der Waals surface area contributed by atoms with Gasteiger partial charge < -0.3 is 9.84 Å². The number of aromatic nitrogens is 1. The molecule has 0 saturated heterocycles. The molecule has 3 aromatic rings. The lowest BCUT2D eigenvalue weighted by molar-refractivity contribution is -0.141. The van der Waals surface area contributed by atoms with Crippen LogP contribution in [0.2, 0.25) is 0 Å². The van der Waals surface area contributed by atoms with Crippen LogP contribution in [0, 0.1) is 0 Å². The van der Waals surface area contributed by atoms with Crippen molar-refractivity contribution in [1.82, 2.24) is 4.98 Å². The van der Waals surface area contributed by atoms with Crippen molar-refractivity contribution >= 4 is 17.7 Å². The van der Waals surface area contributed by atoms with E-state index in [0.29, 0.717) is 6.07 Å². The van der Waals surface area contributed by atoms with Crippen molar-refractivity contribution < 1.29 is 32.6 Å². The molecule has 1 aliphatic rings. The first-order valence-corrected chi connectivity index (χ1v) is 9.19. The zero-order valence-electron chi connectivity index (χ0n) is 15.8. The van der Waals surface area contributed by atoms with Crippen LogP contribution in [0.15, 0.2) is 60.7 Å². The van der Waals surface area contributed by atoms with Gasteiger partial charge in [-0.2, -0.15) is 13.2 Å². The fraction of sp³-hybridized carbons (Fsp3) is 0.136. The molecule has 31 heavy (non-hydrogen) atoms. The molecule has 0 spiro atoms. The number of rotatable bonds is 4. The Bertz CT molecular complexity index is 1130. The predicted octanol–water partition coefficient (Wildman–Crippen LogP) is 5.16. The van der Waals surface area contributed by atoms with Crippen molar-refractivity contribution in [2.45, 2.75) is 12.1 Å². The van der Waals surface area contributed by atoms with E-state index in [1.54, 1.807) is 0 Å². The first-order valence-electron chi connectivity index (χ1n) is 9.19. The Morgan fingerprint density at radius 1 is 0.968 bits per heavy atom. The fourth-order valence-electron chi connectivity index (χ4n) is 3.63. The number of nitrogens with zero attached hydrogens (tertiary/aromatic N) is 1. The molecule has 9 heteroatoms. The van der Waals surface area contributed by atoms with E-state index in [1.807, 2.05) is 48.5 Å². The van der Waals surface area contributed by atoms with E-state index in [-0.39, 0.29) is 12.5 Å². The summed E-state index contributed by atoms with van der Waals surface area (Å²) in [5, 5.41) is 11.3. The number of carboxylic acid groups (broad SMARTS) is 1. The molecule has 0 fully saturated rings. The number of hydrogen-bond acceptors (Lipinski definition) is 4. The number of halogens is 3. The first-order chi connectivity index (χ1) is 14.8. The van der Waals surface area contributed by atoms with Crippen molar-refractivity contribution in [1.29, 1.82) is 0 Å². The van der Waals surface area contributed by atoms with Gasteiger partial charge in [0.1, 0.15) is 12.3 Å². The monoisotopic (exact) mass is 428 g/mol. The molecule has 0 saturated carbocycles. The number of alkyl halides is 3. The quantitative estimate of drug-likeness (QED) is 0.599. The number of hydrogen-bond donors (Lipinski definition) is 2. The van der Waals surface area contributed by atoms with Crippen molar-refractivity contribution in [3.63, 3.8) is 0 Å². The van der Waals surface area contributed by atoms with Gasteiger partial charge in [-0.05, 0) is 34.4 Å². The molecular weight excluding hydrogens is 413 g/mol.